The van der Waals surface area contributed by atoms with Crippen molar-refractivity contribution < 1.29 is 93.6 Å². The maximum absolute atomic E-state index is 12.5. The predicted molar refractivity (Wildman–Crippen MR) is 155 cm³/mol. The van der Waals surface area contributed by atoms with Crippen molar-refractivity contribution in [1.82, 2.24) is 16.0 Å². The molecule has 0 bridgehead atoms. The number of amides is 3. The summed E-state index contributed by atoms with van der Waals surface area (Å²) in [6.45, 7) is 3.36. The van der Waals surface area contributed by atoms with Gasteiger partial charge in [-0.25, -0.2) is 14.4 Å². The number of carbonyl (C=O) groups is 5. The van der Waals surface area contributed by atoms with Crippen LogP contribution < -0.4 is 16.0 Å². The zero-order chi connectivity index (χ0) is 37.6. The molecule has 49 heavy (non-hydrogen) atoms. The highest BCUT2D eigenvalue weighted by molar-refractivity contribution is 5.80. The summed E-state index contributed by atoms with van der Waals surface area (Å²) in [4.78, 5) is 60.1. The van der Waals surface area contributed by atoms with Crippen molar-refractivity contribution in [2.45, 2.75) is 119 Å². The SMILES string of the molecule is CC(=O)N[C@H]1[C@H]([C@H](O)[C@H](O)CO)O[C@@](OC[C@H]2O[C@H](OC[C@H](NC(=O)OC(C)(C)C)C(=O)O)[C@@](O)(NC(C)=O)[C@@H](O)[C@H]2O)(C(=O)O)C[C@@H]1O. The number of rotatable bonds is 14. The molecule has 0 saturated carbocycles. The van der Waals surface area contributed by atoms with Gasteiger partial charge in [-0.3, -0.25) is 9.59 Å². The van der Waals surface area contributed by atoms with Crippen molar-refractivity contribution >= 4 is 29.8 Å². The van der Waals surface area contributed by atoms with E-state index in [1.165, 1.54) is 20.8 Å². The van der Waals surface area contributed by atoms with E-state index in [1.54, 1.807) is 0 Å². The molecule has 0 spiro atoms. The molecule has 2 aliphatic rings. The number of ether oxygens (including phenoxy) is 5. The third-order valence-corrected chi connectivity index (χ3v) is 7.26. The van der Waals surface area contributed by atoms with Crippen LogP contribution in [0.5, 0.6) is 0 Å². The summed E-state index contributed by atoms with van der Waals surface area (Å²) in [6.07, 6.45) is -18.6. The summed E-state index contributed by atoms with van der Waals surface area (Å²) in [7, 11) is 0. The van der Waals surface area contributed by atoms with Crippen molar-refractivity contribution in [3.8, 4) is 0 Å². The minimum atomic E-state index is -2.97. The van der Waals surface area contributed by atoms with Gasteiger partial charge in [0.1, 0.15) is 42.2 Å². The van der Waals surface area contributed by atoms with Gasteiger partial charge < -0.3 is 85.6 Å². The molecule has 2 aliphatic heterocycles. The molecule has 2 saturated heterocycles. The fourth-order valence-electron chi connectivity index (χ4n) is 4.97. The Morgan fingerprint density at radius 1 is 1.02 bits per heavy atom. The maximum atomic E-state index is 12.5. The van der Waals surface area contributed by atoms with Crippen molar-refractivity contribution in [3.63, 3.8) is 0 Å². The second-order valence-corrected chi connectivity index (χ2v) is 12.5. The smallest absolute Gasteiger partial charge is 0.408 e. The Morgan fingerprint density at radius 3 is 2.12 bits per heavy atom. The first kappa shape index (κ1) is 41.9. The number of aliphatic hydroxyl groups is 7. The standard InChI is InChI=1S/C27H45N3O19/c1-10(32)28-16-13(34)6-26(22(41)42,48-19(16)17(36)14(35)7-31)46-9-15-18(37)20(38)27(44,30-11(2)33)23(47-15)45-8-12(21(39)40)29-24(43)49-25(3,4)5/h12-20,23,31,34-38,44H,6-9H2,1-5H3,(H,28,32)(H,29,43)(H,30,33)(H,39,40)(H,41,42)/t12-,13-,14+,15+,16+,17+,18-,19+,20-,23-,26+,27+/m0/s1. The summed E-state index contributed by atoms with van der Waals surface area (Å²) < 4.78 is 26.8. The molecule has 0 radical (unpaired) electrons. The van der Waals surface area contributed by atoms with E-state index in [2.05, 4.69) is 5.32 Å². The van der Waals surface area contributed by atoms with Crippen LogP contribution in [-0.4, -0.2) is 174 Å². The lowest BCUT2D eigenvalue weighted by atomic mass is 9.88. The van der Waals surface area contributed by atoms with E-state index < -0.39 is 134 Å². The van der Waals surface area contributed by atoms with Crippen molar-refractivity contribution in [3.05, 3.63) is 0 Å². The van der Waals surface area contributed by atoms with Crippen LogP contribution in [0.2, 0.25) is 0 Å². The molecule has 2 heterocycles. The predicted octanol–water partition coefficient (Wildman–Crippen LogP) is -5.58. The molecule has 22 heteroatoms. The summed E-state index contributed by atoms with van der Waals surface area (Å²) in [5, 5.41) is 99.4. The minimum Gasteiger partial charge on any atom is -0.480 e. The fourth-order valence-corrected chi connectivity index (χ4v) is 4.97. The minimum absolute atomic E-state index is 0.746. The van der Waals surface area contributed by atoms with Gasteiger partial charge in [-0.2, -0.15) is 0 Å². The lowest BCUT2D eigenvalue weighted by Gasteiger charge is -2.49. The average molecular weight is 716 g/mol. The van der Waals surface area contributed by atoms with Crippen LogP contribution in [-0.2, 0) is 42.9 Å². The topological polar surface area (TPSA) is 350 Å². The van der Waals surface area contributed by atoms with Gasteiger partial charge in [-0.1, -0.05) is 0 Å². The zero-order valence-electron chi connectivity index (χ0n) is 27.2. The Balaban J connectivity index is 2.38. The number of hydrogen-bond acceptors (Lipinski definition) is 17. The largest absolute Gasteiger partial charge is 0.480 e. The van der Waals surface area contributed by atoms with Crippen LogP contribution in [0.1, 0.15) is 41.0 Å². The van der Waals surface area contributed by atoms with E-state index in [4.69, 9.17) is 23.7 Å². The Hall–Kier alpha value is -3.29. The van der Waals surface area contributed by atoms with Gasteiger partial charge in [-0.05, 0) is 20.8 Å². The Labute approximate surface area is 278 Å². The molecule has 0 aromatic heterocycles. The summed E-state index contributed by atoms with van der Waals surface area (Å²) in [5.74, 6) is -8.21. The number of carboxylic acids is 2. The van der Waals surface area contributed by atoms with Crippen LogP contribution in [0.3, 0.4) is 0 Å². The lowest BCUT2D eigenvalue weighted by Crippen LogP contribution is -2.74. The highest BCUT2D eigenvalue weighted by Crippen LogP contribution is 2.36. The van der Waals surface area contributed by atoms with E-state index in [-0.39, 0.29) is 0 Å². The Bertz CT molecular complexity index is 1200. The number of nitrogens with one attached hydrogen (secondary N) is 3. The molecular formula is C27H45N3O19. The third-order valence-electron chi connectivity index (χ3n) is 7.26. The van der Waals surface area contributed by atoms with E-state index in [9.17, 15) is 69.9 Å². The molecule has 3 amide bonds. The molecule has 282 valence electrons. The summed E-state index contributed by atoms with van der Waals surface area (Å²) in [5.41, 5.74) is -3.99. The molecule has 12 atom stereocenters. The van der Waals surface area contributed by atoms with E-state index in [0.29, 0.717) is 0 Å². The quantitative estimate of drug-likeness (QED) is 0.0746. The van der Waals surface area contributed by atoms with Gasteiger partial charge in [0, 0.05) is 20.3 Å². The van der Waals surface area contributed by atoms with Gasteiger partial charge in [-0.15, -0.1) is 0 Å². The molecule has 2 rings (SSSR count). The second-order valence-electron chi connectivity index (χ2n) is 12.5. The number of carbonyl (C=O) groups excluding carboxylic acids is 3. The molecular weight excluding hydrogens is 670 g/mol. The summed E-state index contributed by atoms with van der Waals surface area (Å²) >= 11 is 0. The van der Waals surface area contributed by atoms with Crippen molar-refractivity contribution in [2.24, 2.45) is 0 Å². The second kappa shape index (κ2) is 16.6. The van der Waals surface area contributed by atoms with Crippen LogP contribution >= 0.6 is 0 Å². The van der Waals surface area contributed by atoms with E-state index in [0.717, 1.165) is 13.8 Å². The first-order valence-electron chi connectivity index (χ1n) is 14.8. The van der Waals surface area contributed by atoms with Gasteiger partial charge in [0.15, 0.2) is 6.04 Å². The molecule has 22 nitrogen and oxygen atoms in total. The van der Waals surface area contributed by atoms with Crippen LogP contribution in [0.4, 0.5) is 4.79 Å². The van der Waals surface area contributed by atoms with Crippen molar-refractivity contribution in [2.75, 3.05) is 19.8 Å². The maximum Gasteiger partial charge on any atom is 0.408 e. The number of hydrogen-bond donors (Lipinski definition) is 12. The molecule has 0 aromatic carbocycles. The fraction of sp³-hybridized carbons (Fsp3) is 0.815. The highest BCUT2D eigenvalue weighted by atomic mass is 16.7. The molecule has 0 aromatic rings. The lowest BCUT2D eigenvalue weighted by molar-refractivity contribution is -0.363. The molecule has 2 fully saturated rings. The van der Waals surface area contributed by atoms with E-state index >= 15 is 0 Å². The number of aliphatic carboxylic acids is 2. The Kier molecular flexibility index (Phi) is 14.2. The Morgan fingerprint density at radius 2 is 1.63 bits per heavy atom. The normalized spacial score (nSPS) is 33.8. The first-order valence-corrected chi connectivity index (χ1v) is 14.8. The summed E-state index contributed by atoms with van der Waals surface area (Å²) in [6, 6.07) is -3.38. The number of carboxylic acid groups (broad SMARTS) is 2. The molecule has 0 aliphatic carbocycles. The number of aliphatic hydroxyl groups excluding tert-OH is 6. The molecule has 12 N–H and O–H groups in total. The highest BCUT2D eigenvalue weighted by Gasteiger charge is 2.59. The van der Waals surface area contributed by atoms with Gasteiger partial charge in [0.2, 0.25) is 23.8 Å². The van der Waals surface area contributed by atoms with E-state index in [1.807, 2.05) is 10.6 Å². The van der Waals surface area contributed by atoms with Crippen molar-refractivity contribution in [1.29, 1.82) is 0 Å². The van der Waals surface area contributed by atoms with Crippen LogP contribution in [0, 0.1) is 0 Å². The molecule has 0 unspecified atom stereocenters. The number of alkyl carbamates (subject to hydrolysis) is 1. The first-order chi connectivity index (χ1) is 22.5. The van der Waals surface area contributed by atoms with Gasteiger partial charge >= 0.3 is 18.0 Å². The van der Waals surface area contributed by atoms with Gasteiger partial charge in [0.25, 0.3) is 5.79 Å². The van der Waals surface area contributed by atoms with Crippen LogP contribution in [0.15, 0.2) is 0 Å². The monoisotopic (exact) mass is 715 g/mol. The van der Waals surface area contributed by atoms with Gasteiger partial charge in [0.05, 0.1) is 32.0 Å². The zero-order valence-corrected chi connectivity index (χ0v) is 27.2. The van der Waals surface area contributed by atoms with Crippen LogP contribution in [0.25, 0.3) is 0 Å². The third kappa shape index (κ3) is 10.6. The average Bonchev–Trinajstić information content (AvgIpc) is 2.97.